The summed E-state index contributed by atoms with van der Waals surface area (Å²) in [6, 6.07) is -1.10. The van der Waals surface area contributed by atoms with Crippen LogP contribution < -0.4 is 11.1 Å². The van der Waals surface area contributed by atoms with Crippen LogP contribution in [0.15, 0.2) is 0 Å². The zero-order valence-corrected chi connectivity index (χ0v) is 11.5. The number of nitrogens with one attached hydrogen (secondary N) is 1. The Balaban J connectivity index is 2.46. The van der Waals surface area contributed by atoms with Crippen LogP contribution in [-0.4, -0.2) is 30.6 Å². The van der Waals surface area contributed by atoms with Gasteiger partial charge in [-0.3, -0.25) is 4.79 Å². The fourth-order valence-corrected chi connectivity index (χ4v) is 2.45. The molecule has 0 saturated heterocycles. The minimum Gasteiger partial charge on any atom is -0.464 e. The summed E-state index contributed by atoms with van der Waals surface area (Å²) >= 11 is 0. The first-order chi connectivity index (χ1) is 8.35. The molecule has 5 nitrogen and oxygen atoms in total. The van der Waals surface area contributed by atoms with Crippen molar-refractivity contribution in [2.45, 2.75) is 58.5 Å². The van der Waals surface area contributed by atoms with Crippen LogP contribution in [0.5, 0.6) is 0 Å². The number of carbonyl (C=O) groups excluding carboxylic acids is 2. The molecular formula is C13H24N2O3. The Morgan fingerprint density at radius 2 is 2.17 bits per heavy atom. The molecule has 104 valence electrons. The van der Waals surface area contributed by atoms with Crippen LogP contribution in [-0.2, 0) is 14.3 Å². The molecule has 5 heteroatoms. The monoisotopic (exact) mass is 256 g/mol. The topological polar surface area (TPSA) is 81.4 Å². The lowest BCUT2D eigenvalue weighted by Crippen LogP contribution is -2.51. The number of ether oxygens (including phenoxy) is 1. The van der Waals surface area contributed by atoms with Crippen molar-refractivity contribution < 1.29 is 14.3 Å². The van der Waals surface area contributed by atoms with Crippen LogP contribution in [0.25, 0.3) is 0 Å². The predicted octanol–water partition coefficient (Wildman–Crippen LogP) is 0.962. The first kappa shape index (κ1) is 15.0. The van der Waals surface area contributed by atoms with Crippen LogP contribution in [0, 0.1) is 5.41 Å². The molecule has 18 heavy (non-hydrogen) atoms. The van der Waals surface area contributed by atoms with E-state index >= 15 is 0 Å². The van der Waals surface area contributed by atoms with Crippen LogP contribution >= 0.6 is 0 Å². The smallest absolute Gasteiger partial charge is 0.332 e. The second-order valence-electron chi connectivity index (χ2n) is 5.70. The Labute approximate surface area is 108 Å². The molecule has 1 aliphatic carbocycles. The van der Waals surface area contributed by atoms with Gasteiger partial charge >= 0.3 is 5.97 Å². The average molecular weight is 256 g/mol. The highest BCUT2D eigenvalue weighted by Gasteiger charge is 2.31. The van der Waals surface area contributed by atoms with Gasteiger partial charge in [0.25, 0.3) is 0 Å². The van der Waals surface area contributed by atoms with Gasteiger partial charge in [0.2, 0.25) is 5.91 Å². The number of hydrogen-bond acceptors (Lipinski definition) is 4. The highest BCUT2D eigenvalue weighted by Crippen LogP contribution is 2.35. The van der Waals surface area contributed by atoms with Crippen molar-refractivity contribution in [1.29, 1.82) is 0 Å². The van der Waals surface area contributed by atoms with Gasteiger partial charge in [-0.15, -0.1) is 0 Å². The van der Waals surface area contributed by atoms with E-state index in [0.29, 0.717) is 0 Å². The zero-order valence-electron chi connectivity index (χ0n) is 11.5. The fraction of sp³-hybridized carbons (Fsp3) is 0.846. The van der Waals surface area contributed by atoms with Gasteiger partial charge in [0.15, 0.2) is 6.04 Å². The third-order valence-electron chi connectivity index (χ3n) is 3.37. The number of hydrogen-bond donors (Lipinski definition) is 2. The third kappa shape index (κ3) is 4.29. The van der Waals surface area contributed by atoms with Gasteiger partial charge < -0.3 is 15.8 Å². The van der Waals surface area contributed by atoms with Crippen molar-refractivity contribution in [3.05, 3.63) is 0 Å². The van der Waals surface area contributed by atoms with Gasteiger partial charge in [0, 0.05) is 6.04 Å². The quantitative estimate of drug-likeness (QED) is 0.580. The number of amides is 1. The second kappa shape index (κ2) is 6.18. The summed E-state index contributed by atoms with van der Waals surface area (Å²) in [7, 11) is 0. The van der Waals surface area contributed by atoms with Crippen molar-refractivity contribution in [3.63, 3.8) is 0 Å². The molecule has 0 aliphatic heterocycles. The van der Waals surface area contributed by atoms with Crippen molar-refractivity contribution in [3.8, 4) is 0 Å². The van der Waals surface area contributed by atoms with E-state index in [1.165, 1.54) is 6.42 Å². The molecule has 3 N–H and O–H groups in total. The van der Waals surface area contributed by atoms with E-state index in [9.17, 15) is 9.59 Å². The maximum Gasteiger partial charge on any atom is 0.332 e. The molecule has 0 aromatic carbocycles. The molecule has 1 saturated carbocycles. The van der Waals surface area contributed by atoms with Crippen molar-refractivity contribution in [1.82, 2.24) is 5.32 Å². The number of nitrogens with two attached hydrogens (primary N) is 1. The maximum absolute atomic E-state index is 11.8. The van der Waals surface area contributed by atoms with Crippen molar-refractivity contribution in [2.75, 3.05) is 6.61 Å². The molecule has 0 radical (unpaired) electrons. The van der Waals surface area contributed by atoms with E-state index < -0.39 is 17.9 Å². The largest absolute Gasteiger partial charge is 0.464 e. The standard InChI is InChI=1S/C13H24N2O3/c1-4-18-12(17)10(14)11(16)15-9-6-5-7-13(2,3)8-9/h9-10H,4-8,14H2,1-3H3,(H,15,16). The molecule has 2 unspecified atom stereocenters. The minimum absolute atomic E-state index is 0.113. The summed E-state index contributed by atoms with van der Waals surface area (Å²) in [5.74, 6) is -1.10. The number of rotatable bonds is 4. The Bertz CT molecular complexity index is 315. The first-order valence-electron chi connectivity index (χ1n) is 6.58. The molecule has 1 aliphatic rings. The zero-order chi connectivity index (χ0) is 13.8. The summed E-state index contributed by atoms with van der Waals surface area (Å²) in [6.45, 7) is 6.30. The maximum atomic E-state index is 11.8. The lowest BCUT2D eigenvalue weighted by atomic mass is 9.75. The van der Waals surface area contributed by atoms with Gasteiger partial charge in [-0.1, -0.05) is 20.3 Å². The SMILES string of the molecule is CCOC(=O)C(N)C(=O)NC1CCCC(C)(C)C1. The molecule has 0 aromatic rings. The van der Waals surface area contributed by atoms with Crippen LogP contribution in [0.1, 0.15) is 46.5 Å². The van der Waals surface area contributed by atoms with Gasteiger partial charge in [0.05, 0.1) is 6.61 Å². The molecular weight excluding hydrogens is 232 g/mol. The third-order valence-corrected chi connectivity index (χ3v) is 3.37. The minimum atomic E-state index is -1.21. The average Bonchev–Trinajstić information content (AvgIpc) is 2.26. The van der Waals surface area contributed by atoms with Gasteiger partial charge in [-0.2, -0.15) is 0 Å². The summed E-state index contributed by atoms with van der Waals surface area (Å²) in [4.78, 5) is 23.1. The van der Waals surface area contributed by atoms with Gasteiger partial charge in [-0.05, 0) is 31.6 Å². The first-order valence-corrected chi connectivity index (χ1v) is 6.58. The highest BCUT2D eigenvalue weighted by molar-refractivity contribution is 6.01. The number of esters is 1. The van der Waals surface area contributed by atoms with Crippen molar-refractivity contribution in [2.24, 2.45) is 11.1 Å². The van der Waals surface area contributed by atoms with E-state index in [1.807, 2.05) is 0 Å². The molecule has 0 heterocycles. The summed E-state index contributed by atoms with van der Waals surface area (Å²) in [5, 5.41) is 2.85. The lowest BCUT2D eigenvalue weighted by Gasteiger charge is -2.35. The Morgan fingerprint density at radius 3 is 2.72 bits per heavy atom. The van der Waals surface area contributed by atoms with Gasteiger partial charge in [-0.25, -0.2) is 4.79 Å². The summed E-state index contributed by atoms with van der Waals surface area (Å²) < 4.78 is 4.73. The van der Waals surface area contributed by atoms with E-state index in [4.69, 9.17) is 10.5 Å². The van der Waals surface area contributed by atoms with Gasteiger partial charge in [0.1, 0.15) is 0 Å². The van der Waals surface area contributed by atoms with Crippen LogP contribution in [0.4, 0.5) is 0 Å². The fourth-order valence-electron chi connectivity index (χ4n) is 2.45. The summed E-state index contributed by atoms with van der Waals surface area (Å²) in [5.41, 5.74) is 5.79. The molecule has 0 spiro atoms. The predicted molar refractivity (Wildman–Crippen MR) is 68.8 cm³/mol. The van der Waals surface area contributed by atoms with Crippen molar-refractivity contribution >= 4 is 11.9 Å². The Hall–Kier alpha value is -1.10. The molecule has 0 aromatic heterocycles. The van der Waals surface area contributed by atoms with E-state index in [1.54, 1.807) is 6.92 Å². The van der Waals surface area contributed by atoms with E-state index in [0.717, 1.165) is 19.3 Å². The molecule has 1 amide bonds. The highest BCUT2D eigenvalue weighted by atomic mass is 16.5. The normalized spacial score (nSPS) is 24.1. The van der Waals surface area contributed by atoms with E-state index in [2.05, 4.69) is 19.2 Å². The number of carbonyl (C=O) groups is 2. The molecule has 0 bridgehead atoms. The Morgan fingerprint density at radius 1 is 1.50 bits per heavy atom. The van der Waals surface area contributed by atoms with Crippen LogP contribution in [0.3, 0.4) is 0 Å². The van der Waals surface area contributed by atoms with E-state index in [-0.39, 0.29) is 18.1 Å². The van der Waals surface area contributed by atoms with Crippen LogP contribution in [0.2, 0.25) is 0 Å². The summed E-state index contributed by atoms with van der Waals surface area (Å²) in [6.07, 6.45) is 4.13. The molecule has 2 atom stereocenters. The second-order valence-corrected chi connectivity index (χ2v) is 5.70. The Kier molecular flexibility index (Phi) is 5.14. The molecule has 1 rings (SSSR count). The molecule has 1 fully saturated rings. The lowest BCUT2D eigenvalue weighted by molar-refractivity contribution is -0.148.